The molecule has 54 heavy (non-hydrogen) atoms. The third-order valence-electron chi connectivity index (χ3n) is 11.8. The van der Waals surface area contributed by atoms with Gasteiger partial charge in [-0.25, -0.2) is 9.97 Å². The highest BCUT2D eigenvalue weighted by Crippen LogP contribution is 2.48. The molecule has 13 aromatic rings. The van der Waals surface area contributed by atoms with E-state index in [2.05, 4.69) is 179 Å². The monoisotopic (exact) mass is 684 g/mol. The zero-order chi connectivity index (χ0) is 35.1. The molecule has 0 bridgehead atoms. The van der Waals surface area contributed by atoms with Gasteiger partial charge in [0, 0.05) is 48.7 Å². The topological polar surface area (TPSA) is 35.1 Å². The summed E-state index contributed by atoms with van der Waals surface area (Å²) in [6.07, 6.45) is 0. The highest BCUT2D eigenvalue weighted by Gasteiger charge is 2.26. The molecule has 0 unspecified atom stereocenters. The van der Waals surface area contributed by atoms with Crippen LogP contribution in [0, 0.1) is 0 Å². The lowest BCUT2D eigenvalue weighted by atomic mass is 9.97. The molecule has 0 radical (unpaired) electrons. The lowest BCUT2D eigenvalue weighted by Crippen LogP contribution is -2.03. The van der Waals surface area contributed by atoms with Crippen molar-refractivity contribution >= 4 is 103 Å². The molecular formula is C50H28N4. The van der Waals surface area contributed by atoms with Gasteiger partial charge in [0.25, 0.3) is 0 Å². The van der Waals surface area contributed by atoms with Crippen LogP contribution in [-0.2, 0) is 0 Å². The molecule has 0 atom stereocenters. The predicted molar refractivity (Wildman–Crippen MR) is 226 cm³/mol. The highest BCUT2D eigenvalue weighted by atomic mass is 15.1. The maximum Gasteiger partial charge on any atom is 0.162 e. The van der Waals surface area contributed by atoms with Crippen molar-refractivity contribution in [1.82, 2.24) is 18.9 Å². The van der Waals surface area contributed by atoms with E-state index in [0.717, 1.165) is 39.0 Å². The summed E-state index contributed by atoms with van der Waals surface area (Å²) in [5, 5.41) is 15.7. The van der Waals surface area contributed by atoms with E-state index in [-0.39, 0.29) is 0 Å². The maximum absolute atomic E-state index is 5.64. The minimum Gasteiger partial charge on any atom is -0.307 e. The van der Waals surface area contributed by atoms with E-state index < -0.39 is 0 Å². The lowest BCUT2D eigenvalue weighted by Gasteiger charge is -2.15. The van der Waals surface area contributed by atoms with Crippen molar-refractivity contribution in [3.63, 3.8) is 0 Å². The van der Waals surface area contributed by atoms with Crippen LogP contribution in [0.15, 0.2) is 170 Å². The molecule has 4 aromatic heterocycles. The molecule has 248 valence electrons. The molecule has 4 heteroatoms. The Kier molecular flexibility index (Phi) is 5.34. The molecule has 4 heterocycles. The minimum absolute atomic E-state index is 0.717. The first-order chi connectivity index (χ1) is 26.8. The molecular weight excluding hydrogens is 657 g/mol. The third-order valence-corrected chi connectivity index (χ3v) is 11.8. The molecule has 0 saturated carbocycles. The van der Waals surface area contributed by atoms with Gasteiger partial charge in [0.15, 0.2) is 5.82 Å². The largest absolute Gasteiger partial charge is 0.307 e. The van der Waals surface area contributed by atoms with Crippen molar-refractivity contribution < 1.29 is 0 Å². The molecule has 0 amide bonds. The normalized spacial score (nSPS) is 12.4. The summed E-state index contributed by atoms with van der Waals surface area (Å²) in [5.41, 5.74) is 7.96. The van der Waals surface area contributed by atoms with Crippen LogP contribution in [0.2, 0.25) is 0 Å². The summed E-state index contributed by atoms with van der Waals surface area (Å²) in [5.74, 6) is 1.60. The molecule has 0 aliphatic rings. The van der Waals surface area contributed by atoms with Crippen molar-refractivity contribution in [3.8, 4) is 17.2 Å². The van der Waals surface area contributed by atoms with Crippen molar-refractivity contribution in [2.75, 3.05) is 0 Å². The second-order valence-corrected chi connectivity index (χ2v) is 14.5. The average Bonchev–Trinajstić information content (AvgIpc) is 3.88. The van der Waals surface area contributed by atoms with Crippen molar-refractivity contribution in [1.29, 1.82) is 0 Å². The fraction of sp³-hybridized carbons (Fsp3) is 0. The van der Waals surface area contributed by atoms with E-state index >= 15 is 0 Å². The summed E-state index contributed by atoms with van der Waals surface area (Å²) in [6.45, 7) is 0. The molecule has 0 fully saturated rings. The number of nitrogens with zero attached hydrogens (tertiary/aromatic N) is 4. The highest BCUT2D eigenvalue weighted by molar-refractivity contribution is 6.36. The fourth-order valence-corrected chi connectivity index (χ4v) is 9.57. The van der Waals surface area contributed by atoms with Gasteiger partial charge < -0.3 is 4.40 Å². The third kappa shape index (κ3) is 3.52. The van der Waals surface area contributed by atoms with Gasteiger partial charge in [0.05, 0.1) is 33.1 Å². The first-order valence-electron chi connectivity index (χ1n) is 18.5. The summed E-state index contributed by atoms with van der Waals surface area (Å²) in [6, 6.07) is 61.5. The summed E-state index contributed by atoms with van der Waals surface area (Å²) < 4.78 is 4.95. The van der Waals surface area contributed by atoms with Crippen LogP contribution in [0.25, 0.3) is 120 Å². The Morgan fingerprint density at radius 1 is 0.352 bits per heavy atom. The SMILES string of the molecule is c1ccc2c(c1)cc(-c1nc(-n3c4ccccc4c4cc5c6ccccc6n6c7c8ccccc8ccc7c(c43)c56)c3ccccc3n1)c1ccccc12. The Morgan fingerprint density at radius 2 is 0.963 bits per heavy atom. The van der Waals surface area contributed by atoms with Gasteiger partial charge in [-0.2, -0.15) is 0 Å². The second kappa shape index (κ2) is 10.2. The van der Waals surface area contributed by atoms with E-state index in [4.69, 9.17) is 9.97 Å². The van der Waals surface area contributed by atoms with Crippen LogP contribution in [0.5, 0.6) is 0 Å². The maximum atomic E-state index is 5.64. The van der Waals surface area contributed by atoms with Gasteiger partial charge in [-0.05, 0) is 63.3 Å². The summed E-state index contributed by atoms with van der Waals surface area (Å²) >= 11 is 0. The molecule has 0 aliphatic carbocycles. The van der Waals surface area contributed by atoms with Gasteiger partial charge in [-0.1, -0.05) is 133 Å². The van der Waals surface area contributed by atoms with E-state index in [1.54, 1.807) is 0 Å². The van der Waals surface area contributed by atoms with Gasteiger partial charge in [0.1, 0.15) is 5.82 Å². The first kappa shape index (κ1) is 28.3. The van der Waals surface area contributed by atoms with Gasteiger partial charge in [0.2, 0.25) is 0 Å². The van der Waals surface area contributed by atoms with Crippen LogP contribution in [0.3, 0.4) is 0 Å². The average molecular weight is 685 g/mol. The number of para-hydroxylation sites is 3. The standard InChI is InChI=1S/C50H28N4/c1-4-16-32-29(13-1)25-26-38-45-47-39(35-19-8-11-23-43(35)53(47)46(32)38)28-40-36-20-9-12-24-44(36)54(48(40)45)50-37-21-7-10-22-42(37)51-49(52-50)41-27-30-14-2-3-15-31(30)33-17-5-6-18-34(33)41/h1-28H. The van der Waals surface area contributed by atoms with Crippen LogP contribution in [-0.4, -0.2) is 18.9 Å². The number of benzene rings is 9. The molecule has 0 N–H and O–H groups in total. The zero-order valence-electron chi connectivity index (χ0n) is 29.0. The summed E-state index contributed by atoms with van der Waals surface area (Å²) in [4.78, 5) is 10.9. The predicted octanol–water partition coefficient (Wildman–Crippen LogP) is 13.0. The van der Waals surface area contributed by atoms with Crippen molar-refractivity contribution in [2.24, 2.45) is 0 Å². The molecule has 4 nitrogen and oxygen atoms in total. The van der Waals surface area contributed by atoms with Crippen molar-refractivity contribution in [2.45, 2.75) is 0 Å². The number of rotatable bonds is 2. The van der Waals surface area contributed by atoms with Gasteiger partial charge in [-0.15, -0.1) is 0 Å². The minimum atomic E-state index is 0.717. The Labute approximate surface area is 308 Å². The van der Waals surface area contributed by atoms with Crippen LogP contribution >= 0.6 is 0 Å². The molecule has 9 aromatic carbocycles. The van der Waals surface area contributed by atoms with Crippen LogP contribution in [0.1, 0.15) is 0 Å². The number of fused-ring (bicyclic) bond motifs is 16. The molecule has 0 aliphatic heterocycles. The van der Waals surface area contributed by atoms with Crippen LogP contribution in [0.4, 0.5) is 0 Å². The Morgan fingerprint density at radius 3 is 1.80 bits per heavy atom. The Balaban J connectivity index is 1.26. The van der Waals surface area contributed by atoms with Gasteiger partial charge in [-0.3, -0.25) is 4.57 Å². The van der Waals surface area contributed by atoms with Gasteiger partial charge >= 0.3 is 0 Å². The smallest absolute Gasteiger partial charge is 0.162 e. The number of hydrogen-bond donors (Lipinski definition) is 0. The Bertz CT molecular complexity index is 3740. The van der Waals surface area contributed by atoms with E-state index in [1.807, 2.05) is 0 Å². The van der Waals surface area contributed by atoms with E-state index in [0.29, 0.717) is 0 Å². The fourth-order valence-electron chi connectivity index (χ4n) is 9.57. The van der Waals surface area contributed by atoms with Crippen molar-refractivity contribution in [3.05, 3.63) is 170 Å². The quantitative estimate of drug-likeness (QED) is 0.170. The zero-order valence-corrected chi connectivity index (χ0v) is 29.0. The summed E-state index contributed by atoms with van der Waals surface area (Å²) in [7, 11) is 0. The first-order valence-corrected chi connectivity index (χ1v) is 18.5. The Hall–Kier alpha value is -7.30. The lowest BCUT2D eigenvalue weighted by molar-refractivity contribution is 1.08. The van der Waals surface area contributed by atoms with E-state index in [9.17, 15) is 0 Å². The second-order valence-electron chi connectivity index (χ2n) is 14.5. The molecule has 0 saturated heterocycles. The molecule has 13 rings (SSSR count). The number of hydrogen-bond acceptors (Lipinski definition) is 2. The van der Waals surface area contributed by atoms with Crippen LogP contribution < -0.4 is 0 Å². The number of aromatic nitrogens is 4. The van der Waals surface area contributed by atoms with E-state index in [1.165, 1.54) is 81.3 Å². The molecule has 0 spiro atoms.